The highest BCUT2D eigenvalue weighted by Gasteiger charge is 2.04. The van der Waals surface area contributed by atoms with Gasteiger partial charge in [-0.3, -0.25) is 0 Å². The van der Waals surface area contributed by atoms with Crippen molar-refractivity contribution in [2.24, 2.45) is 0 Å². The van der Waals surface area contributed by atoms with Crippen molar-refractivity contribution in [2.45, 2.75) is 0 Å². The molecule has 1 aromatic carbocycles. The van der Waals surface area contributed by atoms with Gasteiger partial charge in [-0.05, 0) is 12.1 Å². The van der Waals surface area contributed by atoms with Gasteiger partial charge in [-0.15, -0.1) is 0 Å². The van der Waals surface area contributed by atoms with Crippen LogP contribution < -0.4 is 9.47 Å². The van der Waals surface area contributed by atoms with Crippen LogP contribution in [-0.2, 0) is 19.1 Å². The molecule has 120 valence electrons. The molecule has 0 fully saturated rings. The number of hydrogen-bond donors (Lipinski definition) is 0. The maximum absolute atomic E-state index is 13.7. The molecule has 0 bridgehead atoms. The molecule has 0 aliphatic heterocycles. The van der Waals surface area contributed by atoms with E-state index in [4.69, 9.17) is 9.47 Å². The van der Waals surface area contributed by atoms with Crippen LogP contribution >= 0.6 is 0 Å². The van der Waals surface area contributed by atoms with Gasteiger partial charge in [0.25, 0.3) is 0 Å². The fraction of sp³-hybridized carbons (Fsp3) is 0. The summed E-state index contributed by atoms with van der Waals surface area (Å²) >= 11 is 0. The van der Waals surface area contributed by atoms with Crippen molar-refractivity contribution in [3.8, 4) is 11.5 Å². The summed E-state index contributed by atoms with van der Waals surface area (Å²) in [5, 5.41) is 0. The van der Waals surface area contributed by atoms with E-state index in [1.807, 2.05) is 0 Å². The van der Waals surface area contributed by atoms with Gasteiger partial charge in [0.2, 0.25) is 0 Å². The molecule has 0 unspecified atom stereocenters. The van der Waals surface area contributed by atoms with Gasteiger partial charge in [0.15, 0.2) is 11.6 Å². The molecule has 0 heterocycles. The molecule has 0 atom stereocenters. The minimum atomic E-state index is -0.710. The smallest absolute Gasteiger partial charge is 0.335 e. The zero-order valence-electron chi connectivity index (χ0n) is 11.9. The van der Waals surface area contributed by atoms with E-state index in [2.05, 4.69) is 22.6 Å². The van der Waals surface area contributed by atoms with Gasteiger partial charge < -0.3 is 18.9 Å². The Labute approximate surface area is 131 Å². The molecule has 0 aliphatic rings. The zero-order chi connectivity index (χ0) is 17.1. The van der Waals surface area contributed by atoms with Gasteiger partial charge >= 0.3 is 11.9 Å². The summed E-state index contributed by atoms with van der Waals surface area (Å²) in [6.07, 6.45) is 5.95. The summed E-state index contributed by atoms with van der Waals surface area (Å²) in [6, 6.07) is 3.77. The first-order valence-electron chi connectivity index (χ1n) is 6.16. The molecule has 0 aromatic heterocycles. The standard InChI is InChI=1S/C16H13FO6/c1-3-15(18)22-9-7-20-12-5-6-14(13(17)11-12)21-8-10-23-16(19)4-2/h3-11H,1-2H2/b9-7-,10-8-. The van der Waals surface area contributed by atoms with E-state index in [1.165, 1.54) is 12.1 Å². The Kier molecular flexibility index (Phi) is 7.36. The van der Waals surface area contributed by atoms with Crippen molar-refractivity contribution < 1.29 is 32.9 Å². The third-order valence-electron chi connectivity index (χ3n) is 2.12. The SMILES string of the molecule is C=CC(=O)O/C=C\Oc1ccc(O/C=C\OC(=O)C=C)c(F)c1. The topological polar surface area (TPSA) is 71.1 Å². The second-order valence-corrected chi connectivity index (χ2v) is 3.65. The van der Waals surface area contributed by atoms with Gasteiger partial charge in [-0.2, -0.15) is 0 Å². The van der Waals surface area contributed by atoms with Crippen LogP contribution in [0.15, 0.2) is 68.6 Å². The third-order valence-corrected chi connectivity index (χ3v) is 2.12. The molecule has 0 radical (unpaired) electrons. The van der Waals surface area contributed by atoms with Crippen LogP contribution in [0.5, 0.6) is 11.5 Å². The number of hydrogen-bond acceptors (Lipinski definition) is 6. The zero-order valence-corrected chi connectivity index (χ0v) is 11.9. The van der Waals surface area contributed by atoms with Gasteiger partial charge in [0, 0.05) is 18.2 Å². The second-order valence-electron chi connectivity index (χ2n) is 3.65. The lowest BCUT2D eigenvalue weighted by molar-refractivity contribution is -0.133. The van der Waals surface area contributed by atoms with Gasteiger partial charge in [0.05, 0.1) is 0 Å². The molecule has 0 saturated carbocycles. The number of rotatable bonds is 8. The Bertz CT molecular complexity index is 648. The van der Waals surface area contributed by atoms with E-state index in [1.54, 1.807) is 0 Å². The lowest BCUT2D eigenvalue weighted by Crippen LogP contribution is -1.94. The quantitative estimate of drug-likeness (QED) is 0.416. The Morgan fingerprint density at radius 2 is 1.48 bits per heavy atom. The predicted octanol–water partition coefficient (Wildman–Crippen LogP) is 2.98. The fourth-order valence-corrected chi connectivity index (χ4v) is 1.14. The first-order valence-corrected chi connectivity index (χ1v) is 6.16. The molecule has 0 aliphatic carbocycles. The van der Waals surface area contributed by atoms with E-state index in [0.29, 0.717) is 0 Å². The lowest BCUT2D eigenvalue weighted by atomic mass is 10.3. The summed E-state index contributed by atoms with van der Waals surface area (Å²) in [5.41, 5.74) is 0. The van der Waals surface area contributed by atoms with Crippen LogP contribution in [0.3, 0.4) is 0 Å². The van der Waals surface area contributed by atoms with E-state index in [9.17, 15) is 14.0 Å². The van der Waals surface area contributed by atoms with E-state index in [-0.39, 0.29) is 11.5 Å². The molecule has 1 aromatic rings. The molecule has 23 heavy (non-hydrogen) atoms. The normalized spacial score (nSPS) is 10.3. The van der Waals surface area contributed by atoms with Crippen LogP contribution in [-0.4, -0.2) is 11.9 Å². The Balaban J connectivity index is 2.53. The lowest BCUT2D eigenvalue weighted by Gasteiger charge is -2.04. The van der Waals surface area contributed by atoms with Crippen molar-refractivity contribution in [2.75, 3.05) is 0 Å². The van der Waals surface area contributed by atoms with Crippen molar-refractivity contribution >= 4 is 11.9 Å². The highest BCUT2D eigenvalue weighted by molar-refractivity contribution is 5.81. The van der Waals surface area contributed by atoms with E-state index >= 15 is 0 Å². The van der Waals surface area contributed by atoms with Crippen LogP contribution in [0.4, 0.5) is 4.39 Å². The predicted molar refractivity (Wildman–Crippen MR) is 78.5 cm³/mol. The largest absolute Gasteiger partial charge is 0.462 e. The molecule has 6 nitrogen and oxygen atoms in total. The first-order chi connectivity index (χ1) is 11.1. The highest BCUT2D eigenvalue weighted by Crippen LogP contribution is 2.23. The minimum Gasteiger partial charge on any atom is -0.462 e. The van der Waals surface area contributed by atoms with E-state index in [0.717, 1.165) is 43.3 Å². The average Bonchev–Trinajstić information content (AvgIpc) is 2.56. The molecule has 0 amide bonds. The fourth-order valence-electron chi connectivity index (χ4n) is 1.14. The molecular formula is C16H13FO6. The van der Waals surface area contributed by atoms with Crippen LogP contribution in [0.25, 0.3) is 0 Å². The number of carbonyl (C=O) groups excluding carboxylic acids is 2. The third kappa shape index (κ3) is 6.76. The summed E-state index contributed by atoms with van der Waals surface area (Å²) in [6.45, 7) is 6.42. The Hall–Kier alpha value is -3.35. The van der Waals surface area contributed by atoms with Crippen molar-refractivity contribution in [3.63, 3.8) is 0 Å². The van der Waals surface area contributed by atoms with Gasteiger partial charge in [-0.25, -0.2) is 14.0 Å². The van der Waals surface area contributed by atoms with E-state index < -0.39 is 17.8 Å². The number of carbonyl (C=O) groups is 2. The summed E-state index contributed by atoms with van der Waals surface area (Å²) < 4.78 is 32.7. The van der Waals surface area contributed by atoms with Crippen LogP contribution in [0, 0.1) is 5.82 Å². The maximum Gasteiger partial charge on any atom is 0.335 e. The maximum atomic E-state index is 13.7. The number of ether oxygens (including phenoxy) is 4. The van der Waals surface area contributed by atoms with Crippen LogP contribution in [0.2, 0.25) is 0 Å². The number of halogens is 1. The summed E-state index contributed by atoms with van der Waals surface area (Å²) in [4.78, 5) is 21.5. The Morgan fingerprint density at radius 1 is 0.913 bits per heavy atom. The van der Waals surface area contributed by atoms with Crippen molar-refractivity contribution in [1.82, 2.24) is 0 Å². The van der Waals surface area contributed by atoms with Gasteiger partial charge in [0.1, 0.15) is 30.8 Å². The molecule has 0 saturated heterocycles. The van der Waals surface area contributed by atoms with Crippen molar-refractivity contribution in [1.29, 1.82) is 0 Å². The molecule has 1 rings (SSSR count). The van der Waals surface area contributed by atoms with Gasteiger partial charge in [-0.1, -0.05) is 13.2 Å². The highest BCUT2D eigenvalue weighted by atomic mass is 19.1. The number of benzene rings is 1. The molecular weight excluding hydrogens is 307 g/mol. The average molecular weight is 320 g/mol. The van der Waals surface area contributed by atoms with Crippen LogP contribution in [0.1, 0.15) is 0 Å². The molecule has 0 N–H and O–H groups in total. The summed E-state index contributed by atoms with van der Waals surface area (Å²) in [5.74, 6) is -1.98. The first kappa shape index (κ1) is 17.7. The monoisotopic (exact) mass is 320 g/mol. The molecule has 0 spiro atoms. The number of esters is 2. The minimum absolute atomic E-state index is 0.106. The molecule has 7 heteroatoms. The van der Waals surface area contributed by atoms with Crippen molar-refractivity contribution in [3.05, 3.63) is 74.4 Å². The second kappa shape index (κ2) is 9.56. The Morgan fingerprint density at radius 3 is 2.00 bits per heavy atom. The summed E-state index contributed by atoms with van der Waals surface area (Å²) in [7, 11) is 0.